The fraction of sp³-hybridized carbons (Fsp3) is 0.444. The predicted molar refractivity (Wildman–Crippen MR) is 135 cm³/mol. The van der Waals surface area contributed by atoms with Gasteiger partial charge in [-0.25, -0.2) is 0 Å². The van der Waals surface area contributed by atoms with Gasteiger partial charge in [-0.1, -0.05) is 26.0 Å². The number of anilines is 1. The van der Waals surface area contributed by atoms with Crippen LogP contribution in [-0.2, 0) is 12.8 Å². The van der Waals surface area contributed by atoms with Crippen molar-refractivity contribution >= 4 is 23.4 Å². The van der Waals surface area contributed by atoms with Gasteiger partial charge in [-0.2, -0.15) is 10.2 Å². The molecule has 0 bridgehead atoms. The minimum Gasteiger partial charge on any atom is -0.396 e. The molecule has 1 fully saturated rings. The van der Waals surface area contributed by atoms with Crippen LogP contribution >= 0.6 is 0 Å². The number of benzene rings is 1. The highest BCUT2D eigenvalue weighted by atomic mass is 16.3. The lowest BCUT2D eigenvalue weighted by Crippen LogP contribution is -2.25. The highest BCUT2D eigenvalue weighted by molar-refractivity contribution is 5.94. The van der Waals surface area contributed by atoms with Crippen LogP contribution in [0.5, 0.6) is 0 Å². The normalized spacial score (nSPS) is 18.9. The van der Waals surface area contributed by atoms with Crippen LogP contribution in [0.15, 0.2) is 30.5 Å². The number of rotatable bonds is 7. The summed E-state index contributed by atoms with van der Waals surface area (Å²) in [6.07, 6.45) is 8.94. The van der Waals surface area contributed by atoms with E-state index in [1.54, 1.807) is 0 Å². The monoisotopic (exact) mass is 472 g/mol. The van der Waals surface area contributed by atoms with Crippen LogP contribution in [0.1, 0.15) is 77.6 Å². The van der Waals surface area contributed by atoms with Crippen LogP contribution in [0.4, 0.5) is 5.82 Å². The van der Waals surface area contributed by atoms with Crippen molar-refractivity contribution in [2.45, 2.75) is 58.0 Å². The first-order valence-corrected chi connectivity index (χ1v) is 12.5. The number of aliphatic hydroxyl groups excluding tert-OH is 1. The van der Waals surface area contributed by atoms with Gasteiger partial charge in [-0.3, -0.25) is 14.6 Å². The van der Waals surface area contributed by atoms with Crippen molar-refractivity contribution < 1.29 is 9.90 Å². The Morgan fingerprint density at radius 3 is 2.80 bits per heavy atom. The molecule has 182 valence electrons. The first-order chi connectivity index (χ1) is 16.9. The number of H-pyrrole nitrogens is 1. The Labute approximate surface area is 204 Å². The molecule has 1 aromatic carbocycles. The summed E-state index contributed by atoms with van der Waals surface area (Å²) in [5.74, 6) is 0.812. The van der Waals surface area contributed by atoms with Crippen LogP contribution in [-0.4, -0.2) is 50.2 Å². The number of fused-ring (bicyclic) bond motifs is 2. The number of carbonyl (C=O) groups excluding carboxylic acids is 1. The number of hydrogen-bond acceptors (Lipinski definition) is 5. The Bertz CT molecular complexity index is 1300. The van der Waals surface area contributed by atoms with Crippen molar-refractivity contribution in [2.75, 3.05) is 18.5 Å². The molecule has 8 heteroatoms. The Hall–Kier alpha value is -3.39. The molecule has 2 aliphatic carbocycles. The Kier molecular flexibility index (Phi) is 5.29. The number of nitrogens with one attached hydrogen (secondary N) is 3. The van der Waals surface area contributed by atoms with E-state index in [1.165, 1.54) is 11.3 Å². The predicted octanol–water partition coefficient (Wildman–Crippen LogP) is 3.56. The van der Waals surface area contributed by atoms with E-state index in [0.717, 1.165) is 53.9 Å². The molecule has 1 amide bonds. The average Bonchev–Trinajstić information content (AvgIpc) is 3.29. The summed E-state index contributed by atoms with van der Waals surface area (Å²) in [4.78, 5) is 12.3. The smallest absolute Gasteiger partial charge is 0.251 e. The lowest BCUT2D eigenvalue weighted by Gasteiger charge is -2.18. The number of aromatic nitrogens is 4. The number of aliphatic hydroxyl groups is 1. The lowest BCUT2D eigenvalue weighted by molar-refractivity contribution is 0.0951. The maximum Gasteiger partial charge on any atom is 0.251 e. The summed E-state index contributed by atoms with van der Waals surface area (Å²) < 4.78 is 1.92. The molecule has 1 atom stereocenters. The molecule has 3 aromatic rings. The SMILES string of the molecule is CC1(C)Cc2[nH]nc(C3=Cc4cn(C(CCO)c5ccc(C(=O)NC6CC6)cc5)nc4NC3)c2C1. The van der Waals surface area contributed by atoms with Gasteiger partial charge in [0.1, 0.15) is 0 Å². The van der Waals surface area contributed by atoms with Gasteiger partial charge < -0.3 is 15.7 Å². The number of aromatic amines is 1. The number of nitrogens with zero attached hydrogens (tertiary/aromatic N) is 3. The van der Waals surface area contributed by atoms with E-state index in [9.17, 15) is 9.90 Å². The minimum atomic E-state index is -0.125. The zero-order valence-corrected chi connectivity index (χ0v) is 20.3. The summed E-state index contributed by atoms with van der Waals surface area (Å²) in [5, 5.41) is 28.9. The molecule has 3 aliphatic rings. The van der Waals surface area contributed by atoms with E-state index < -0.39 is 0 Å². The van der Waals surface area contributed by atoms with Gasteiger partial charge in [0.15, 0.2) is 5.82 Å². The van der Waals surface area contributed by atoms with E-state index >= 15 is 0 Å². The maximum atomic E-state index is 12.3. The highest BCUT2D eigenvalue weighted by Crippen LogP contribution is 2.40. The molecule has 2 aromatic heterocycles. The maximum absolute atomic E-state index is 12.3. The Balaban J connectivity index is 1.26. The minimum absolute atomic E-state index is 0.0255. The molecule has 0 radical (unpaired) electrons. The molecule has 1 saturated carbocycles. The van der Waals surface area contributed by atoms with E-state index in [1.807, 2.05) is 35.1 Å². The Morgan fingerprint density at radius 2 is 2.06 bits per heavy atom. The standard InChI is InChI=1S/C27H32N6O2/c1-27(2)12-21-22(13-27)30-31-24(21)18-11-19-15-33(32-25(19)28-14-18)23(9-10-34)16-3-5-17(6-4-16)26(35)29-20-7-8-20/h3-6,11,15,20,23,34H,7-10,12-14H2,1-2H3,(H,28,32)(H,29,35)(H,30,31). The van der Waals surface area contributed by atoms with Crippen LogP contribution in [0.25, 0.3) is 11.6 Å². The van der Waals surface area contributed by atoms with Crippen LogP contribution in [0.3, 0.4) is 0 Å². The lowest BCUT2D eigenvalue weighted by atomic mass is 9.89. The van der Waals surface area contributed by atoms with E-state index in [-0.39, 0.29) is 24.0 Å². The van der Waals surface area contributed by atoms with Crippen molar-refractivity contribution in [1.82, 2.24) is 25.3 Å². The quantitative estimate of drug-likeness (QED) is 0.421. The van der Waals surface area contributed by atoms with Gasteiger partial charge in [0.25, 0.3) is 5.91 Å². The van der Waals surface area contributed by atoms with Crippen LogP contribution < -0.4 is 10.6 Å². The van der Waals surface area contributed by atoms with Crippen molar-refractivity contribution in [3.05, 3.63) is 64.1 Å². The fourth-order valence-corrected chi connectivity index (χ4v) is 5.33. The number of amides is 1. The van der Waals surface area contributed by atoms with Crippen LogP contribution in [0, 0.1) is 5.41 Å². The summed E-state index contributed by atoms with van der Waals surface area (Å²) in [6.45, 7) is 5.32. The van der Waals surface area contributed by atoms with E-state index in [4.69, 9.17) is 5.10 Å². The second kappa shape index (κ2) is 8.37. The molecule has 1 aliphatic heterocycles. The molecule has 4 N–H and O–H groups in total. The Morgan fingerprint density at radius 1 is 1.26 bits per heavy atom. The molecular formula is C27H32N6O2. The molecule has 0 saturated heterocycles. The largest absolute Gasteiger partial charge is 0.396 e. The van der Waals surface area contributed by atoms with Crippen molar-refractivity contribution in [3.8, 4) is 0 Å². The molecule has 35 heavy (non-hydrogen) atoms. The summed E-state index contributed by atoms with van der Waals surface area (Å²) >= 11 is 0. The number of hydrogen-bond donors (Lipinski definition) is 4. The third-order valence-electron chi connectivity index (χ3n) is 7.30. The van der Waals surface area contributed by atoms with E-state index in [0.29, 0.717) is 24.6 Å². The zero-order valence-electron chi connectivity index (χ0n) is 20.3. The van der Waals surface area contributed by atoms with Gasteiger partial charge in [0, 0.05) is 47.8 Å². The molecule has 8 nitrogen and oxygen atoms in total. The van der Waals surface area contributed by atoms with Gasteiger partial charge in [-0.15, -0.1) is 0 Å². The second-order valence-electron chi connectivity index (χ2n) is 10.9. The molecule has 6 rings (SSSR count). The van der Waals surface area contributed by atoms with E-state index in [2.05, 4.69) is 40.8 Å². The number of carbonyl (C=O) groups is 1. The first kappa shape index (κ1) is 22.1. The van der Waals surface area contributed by atoms with Gasteiger partial charge in [0.05, 0.1) is 11.7 Å². The summed E-state index contributed by atoms with van der Waals surface area (Å²) in [5.41, 5.74) is 7.77. The van der Waals surface area contributed by atoms with Gasteiger partial charge in [-0.05, 0) is 66.9 Å². The molecule has 1 unspecified atom stereocenters. The van der Waals surface area contributed by atoms with Crippen molar-refractivity contribution in [2.24, 2.45) is 5.41 Å². The van der Waals surface area contributed by atoms with Crippen molar-refractivity contribution in [3.63, 3.8) is 0 Å². The average molecular weight is 473 g/mol. The first-order valence-electron chi connectivity index (χ1n) is 12.5. The molecule has 0 spiro atoms. The second-order valence-corrected chi connectivity index (χ2v) is 10.9. The van der Waals surface area contributed by atoms with Crippen molar-refractivity contribution in [1.29, 1.82) is 0 Å². The fourth-order valence-electron chi connectivity index (χ4n) is 5.33. The summed E-state index contributed by atoms with van der Waals surface area (Å²) in [7, 11) is 0. The van der Waals surface area contributed by atoms with Gasteiger partial charge >= 0.3 is 0 Å². The molecular weight excluding hydrogens is 440 g/mol. The summed E-state index contributed by atoms with van der Waals surface area (Å²) in [6, 6.07) is 7.85. The highest BCUT2D eigenvalue weighted by Gasteiger charge is 2.34. The zero-order chi connectivity index (χ0) is 24.2. The van der Waals surface area contributed by atoms with Crippen LogP contribution in [0.2, 0.25) is 0 Å². The topological polar surface area (TPSA) is 108 Å². The third-order valence-corrected chi connectivity index (χ3v) is 7.30. The van der Waals surface area contributed by atoms with Gasteiger partial charge in [0.2, 0.25) is 0 Å². The molecule has 3 heterocycles. The third kappa shape index (κ3) is 4.27.